The molecule has 6 nitrogen and oxygen atoms in total. The summed E-state index contributed by atoms with van der Waals surface area (Å²) in [7, 11) is 0. The van der Waals surface area contributed by atoms with Crippen LogP contribution in [0.3, 0.4) is 0 Å². The van der Waals surface area contributed by atoms with E-state index in [9.17, 15) is 14.0 Å². The molecule has 27 heavy (non-hydrogen) atoms. The third-order valence-electron chi connectivity index (χ3n) is 3.84. The van der Waals surface area contributed by atoms with Crippen LogP contribution in [0.1, 0.15) is 25.6 Å². The second-order valence-corrected chi connectivity index (χ2v) is 7.72. The lowest BCUT2D eigenvalue weighted by molar-refractivity contribution is -0.113. The first-order valence-electron chi connectivity index (χ1n) is 8.26. The first kappa shape index (κ1) is 19.4. The lowest BCUT2D eigenvalue weighted by Crippen LogP contribution is -2.25. The van der Waals surface area contributed by atoms with Crippen LogP contribution in [0.15, 0.2) is 34.2 Å². The molecule has 0 unspecified atom stereocenters. The smallest absolute Gasteiger partial charge is 0.278 e. The maximum absolute atomic E-state index is 13.8. The van der Waals surface area contributed by atoms with Gasteiger partial charge in [0.15, 0.2) is 5.16 Å². The predicted molar refractivity (Wildman–Crippen MR) is 106 cm³/mol. The van der Waals surface area contributed by atoms with E-state index >= 15 is 0 Å². The molecule has 0 aliphatic carbocycles. The second kappa shape index (κ2) is 7.74. The molecule has 2 N–H and O–H groups in total. The van der Waals surface area contributed by atoms with Gasteiger partial charge in [-0.15, -0.1) is 0 Å². The number of hydrogen-bond acceptors (Lipinski definition) is 4. The van der Waals surface area contributed by atoms with E-state index in [0.717, 1.165) is 23.5 Å². The fourth-order valence-electron chi connectivity index (χ4n) is 2.65. The molecule has 0 aliphatic heterocycles. The van der Waals surface area contributed by atoms with E-state index in [-0.39, 0.29) is 28.1 Å². The van der Waals surface area contributed by atoms with Crippen LogP contribution in [0.25, 0.3) is 11.0 Å². The van der Waals surface area contributed by atoms with Gasteiger partial charge in [0.2, 0.25) is 5.91 Å². The number of aromatic nitrogens is 3. The number of aromatic amines is 1. The molecule has 0 saturated heterocycles. The number of amides is 1. The Morgan fingerprint density at radius 3 is 2.81 bits per heavy atom. The van der Waals surface area contributed by atoms with Gasteiger partial charge in [-0.3, -0.25) is 14.2 Å². The molecule has 1 aromatic carbocycles. The number of nitrogens with one attached hydrogen (secondary N) is 2. The van der Waals surface area contributed by atoms with Crippen LogP contribution in [-0.2, 0) is 4.79 Å². The van der Waals surface area contributed by atoms with Crippen molar-refractivity contribution in [3.05, 3.63) is 51.2 Å². The van der Waals surface area contributed by atoms with E-state index in [0.29, 0.717) is 16.2 Å². The summed E-state index contributed by atoms with van der Waals surface area (Å²) in [5.41, 5.74) is 1.70. The lowest BCUT2D eigenvalue weighted by Gasteiger charge is -2.15. The van der Waals surface area contributed by atoms with Crippen LogP contribution in [0.4, 0.5) is 10.1 Å². The van der Waals surface area contributed by atoms with E-state index in [1.54, 1.807) is 10.6 Å². The Kier molecular flexibility index (Phi) is 5.57. The number of aryl methyl sites for hydroxylation is 1. The Hall–Kier alpha value is -2.32. The van der Waals surface area contributed by atoms with Gasteiger partial charge in [-0.1, -0.05) is 23.4 Å². The molecule has 3 rings (SSSR count). The van der Waals surface area contributed by atoms with Crippen molar-refractivity contribution in [3.63, 3.8) is 0 Å². The average molecular weight is 409 g/mol. The number of rotatable bonds is 5. The SMILES string of the molecule is Cc1cc2nc(SCC(=O)Nc3ccc(Cl)cc3F)n(C(C)C)c(=O)c2[nH]1. The zero-order valence-corrected chi connectivity index (χ0v) is 16.5. The summed E-state index contributed by atoms with van der Waals surface area (Å²) in [5.74, 6) is -1.03. The van der Waals surface area contributed by atoms with Crippen LogP contribution in [0.5, 0.6) is 0 Å². The molecule has 2 heterocycles. The van der Waals surface area contributed by atoms with Gasteiger partial charge >= 0.3 is 0 Å². The van der Waals surface area contributed by atoms with Crippen molar-refractivity contribution in [1.29, 1.82) is 0 Å². The summed E-state index contributed by atoms with van der Waals surface area (Å²) in [6.45, 7) is 5.59. The Labute approximate surface area is 164 Å². The van der Waals surface area contributed by atoms with Gasteiger partial charge in [-0.2, -0.15) is 0 Å². The molecule has 1 amide bonds. The minimum atomic E-state index is -0.609. The number of carbonyl (C=O) groups excluding carboxylic acids is 1. The molecule has 142 valence electrons. The number of thioether (sulfide) groups is 1. The van der Waals surface area contributed by atoms with Crippen molar-refractivity contribution in [3.8, 4) is 0 Å². The summed E-state index contributed by atoms with van der Waals surface area (Å²) in [5, 5.41) is 3.19. The van der Waals surface area contributed by atoms with Gasteiger partial charge in [0.1, 0.15) is 11.3 Å². The lowest BCUT2D eigenvalue weighted by atomic mass is 10.3. The number of benzene rings is 1. The predicted octanol–water partition coefficient (Wildman–Crippen LogP) is 4.14. The number of anilines is 1. The molecule has 0 spiro atoms. The van der Waals surface area contributed by atoms with Gasteiger partial charge in [0.05, 0.1) is 17.0 Å². The molecule has 0 saturated carbocycles. The Morgan fingerprint density at radius 2 is 2.15 bits per heavy atom. The van der Waals surface area contributed by atoms with Crippen molar-refractivity contribution in [2.75, 3.05) is 11.1 Å². The van der Waals surface area contributed by atoms with E-state index < -0.39 is 11.7 Å². The van der Waals surface area contributed by atoms with Crippen LogP contribution >= 0.6 is 23.4 Å². The number of hydrogen-bond donors (Lipinski definition) is 2. The summed E-state index contributed by atoms with van der Waals surface area (Å²) in [6, 6.07) is 5.68. The highest BCUT2D eigenvalue weighted by molar-refractivity contribution is 7.99. The van der Waals surface area contributed by atoms with Crippen LogP contribution in [0, 0.1) is 12.7 Å². The standard InChI is InChI=1S/C18H18ClFN4O2S/c1-9(2)24-17(26)16-14(6-10(3)21-16)23-18(24)27-8-15(25)22-13-5-4-11(19)7-12(13)20/h4-7,9,21H,8H2,1-3H3,(H,22,25). The van der Waals surface area contributed by atoms with E-state index in [1.807, 2.05) is 20.8 Å². The monoisotopic (exact) mass is 408 g/mol. The molecular formula is C18H18ClFN4O2S. The summed E-state index contributed by atoms with van der Waals surface area (Å²) < 4.78 is 15.3. The zero-order valence-electron chi connectivity index (χ0n) is 15.0. The van der Waals surface area contributed by atoms with Crippen molar-refractivity contribution < 1.29 is 9.18 Å². The molecule has 0 aliphatic rings. The number of carbonyl (C=O) groups is 1. The maximum atomic E-state index is 13.8. The molecule has 0 fully saturated rings. The van der Waals surface area contributed by atoms with E-state index in [1.165, 1.54) is 12.1 Å². The van der Waals surface area contributed by atoms with Gasteiger partial charge in [-0.25, -0.2) is 9.37 Å². The van der Waals surface area contributed by atoms with Crippen LogP contribution in [-0.4, -0.2) is 26.2 Å². The van der Waals surface area contributed by atoms with E-state index in [4.69, 9.17) is 11.6 Å². The van der Waals surface area contributed by atoms with Crippen molar-refractivity contribution >= 4 is 46.0 Å². The third-order valence-corrected chi connectivity index (χ3v) is 5.03. The molecule has 2 aromatic heterocycles. The Morgan fingerprint density at radius 1 is 1.41 bits per heavy atom. The highest BCUT2D eigenvalue weighted by Crippen LogP contribution is 2.23. The Balaban J connectivity index is 1.82. The van der Waals surface area contributed by atoms with Crippen molar-refractivity contribution in [2.45, 2.75) is 32.0 Å². The van der Waals surface area contributed by atoms with Crippen molar-refractivity contribution in [1.82, 2.24) is 14.5 Å². The van der Waals surface area contributed by atoms with Gasteiger partial charge in [-0.05, 0) is 45.0 Å². The fourth-order valence-corrected chi connectivity index (χ4v) is 3.74. The minimum Gasteiger partial charge on any atom is -0.353 e. The van der Waals surface area contributed by atoms with Crippen molar-refractivity contribution in [2.24, 2.45) is 0 Å². The Bertz CT molecular complexity index is 1080. The van der Waals surface area contributed by atoms with Gasteiger partial charge in [0, 0.05) is 16.8 Å². The van der Waals surface area contributed by atoms with Gasteiger partial charge in [0.25, 0.3) is 5.56 Å². The maximum Gasteiger partial charge on any atom is 0.278 e. The largest absolute Gasteiger partial charge is 0.353 e. The van der Waals surface area contributed by atoms with Crippen LogP contribution < -0.4 is 10.9 Å². The average Bonchev–Trinajstić information content (AvgIpc) is 2.96. The molecule has 0 radical (unpaired) electrons. The summed E-state index contributed by atoms with van der Waals surface area (Å²) >= 11 is 6.83. The molecular weight excluding hydrogens is 391 g/mol. The summed E-state index contributed by atoms with van der Waals surface area (Å²) in [6.07, 6.45) is 0. The quantitative estimate of drug-likeness (QED) is 0.491. The molecule has 9 heteroatoms. The number of H-pyrrole nitrogens is 1. The normalized spacial score (nSPS) is 11.3. The number of halogens is 2. The number of fused-ring (bicyclic) bond motifs is 1. The third kappa shape index (κ3) is 4.17. The first-order valence-corrected chi connectivity index (χ1v) is 9.62. The van der Waals surface area contributed by atoms with Gasteiger partial charge < -0.3 is 10.3 Å². The molecule has 0 bridgehead atoms. The first-order chi connectivity index (χ1) is 12.8. The second-order valence-electron chi connectivity index (χ2n) is 6.34. The molecule has 3 aromatic rings. The molecule has 0 atom stereocenters. The number of nitrogens with zero attached hydrogens (tertiary/aromatic N) is 2. The highest BCUT2D eigenvalue weighted by atomic mass is 35.5. The van der Waals surface area contributed by atoms with E-state index in [2.05, 4.69) is 15.3 Å². The highest BCUT2D eigenvalue weighted by Gasteiger charge is 2.17. The fraction of sp³-hybridized carbons (Fsp3) is 0.278. The van der Waals surface area contributed by atoms with Crippen LogP contribution in [0.2, 0.25) is 5.02 Å². The topological polar surface area (TPSA) is 79.8 Å². The minimum absolute atomic E-state index is 0.0177. The summed E-state index contributed by atoms with van der Waals surface area (Å²) in [4.78, 5) is 32.5. The zero-order chi connectivity index (χ0) is 19.7.